The Morgan fingerprint density at radius 3 is 2.58 bits per heavy atom. The number of carboxylic acid groups (broad SMARTS) is 1. The third kappa shape index (κ3) is 1.59. The number of carbonyl (C=O) groups is 1. The highest BCUT2D eigenvalue weighted by Crippen LogP contribution is 2.20. The average molecular weight is 172 g/mol. The Kier molecular flexibility index (Phi) is 2.39. The fraction of sp³-hybridized carbons (Fsp3) is 0.875. The molecule has 0 spiro atoms. The Hall–Kier alpha value is -0.610. The molecule has 0 amide bonds. The van der Waals surface area contributed by atoms with Crippen molar-refractivity contribution in [3.05, 3.63) is 0 Å². The third-order valence-corrected chi connectivity index (χ3v) is 2.54. The van der Waals surface area contributed by atoms with E-state index in [9.17, 15) is 4.79 Å². The average Bonchev–Trinajstić information content (AvgIpc) is 2.35. The highest BCUT2D eigenvalue weighted by molar-refractivity contribution is 5.77. The number of nitrogens with zero attached hydrogens (tertiary/aromatic N) is 1. The molecule has 0 saturated carbocycles. The van der Waals surface area contributed by atoms with Crippen molar-refractivity contribution < 1.29 is 9.90 Å². The first-order valence-electron chi connectivity index (χ1n) is 4.18. The van der Waals surface area contributed by atoms with E-state index in [2.05, 4.69) is 0 Å². The zero-order chi connectivity index (χ0) is 9.35. The number of aliphatic carboxylic acids is 1. The fourth-order valence-electron chi connectivity index (χ4n) is 1.43. The summed E-state index contributed by atoms with van der Waals surface area (Å²) in [5.74, 6) is -0.781. The molecule has 12 heavy (non-hydrogen) atoms. The molecule has 0 bridgehead atoms. The molecular weight excluding hydrogens is 156 g/mol. The van der Waals surface area contributed by atoms with Crippen LogP contribution in [0.3, 0.4) is 0 Å². The van der Waals surface area contributed by atoms with Crippen LogP contribution < -0.4 is 5.73 Å². The number of rotatable bonds is 2. The fourth-order valence-corrected chi connectivity index (χ4v) is 1.43. The Morgan fingerprint density at radius 2 is 2.25 bits per heavy atom. The normalized spacial score (nSPS) is 26.1. The van der Waals surface area contributed by atoms with Gasteiger partial charge in [-0.3, -0.25) is 9.69 Å². The second kappa shape index (κ2) is 3.03. The monoisotopic (exact) mass is 172 g/mol. The predicted molar refractivity (Wildman–Crippen MR) is 45.9 cm³/mol. The molecular formula is C8H16N2O2. The Bertz CT molecular complexity index is 191. The van der Waals surface area contributed by atoms with E-state index in [4.69, 9.17) is 10.8 Å². The maximum absolute atomic E-state index is 10.8. The van der Waals surface area contributed by atoms with Gasteiger partial charge in [-0.05, 0) is 20.3 Å². The largest absolute Gasteiger partial charge is 0.480 e. The van der Waals surface area contributed by atoms with Gasteiger partial charge in [0.15, 0.2) is 0 Å². The van der Waals surface area contributed by atoms with Crippen LogP contribution in [-0.4, -0.2) is 40.6 Å². The summed E-state index contributed by atoms with van der Waals surface area (Å²) in [5, 5.41) is 8.91. The summed E-state index contributed by atoms with van der Waals surface area (Å²) in [7, 11) is 0. The maximum Gasteiger partial charge on any atom is 0.323 e. The summed E-state index contributed by atoms with van der Waals surface area (Å²) < 4.78 is 0. The molecule has 1 aliphatic rings. The lowest BCUT2D eigenvalue weighted by atomic mass is 10.0. The molecule has 4 nitrogen and oxygen atoms in total. The van der Waals surface area contributed by atoms with Gasteiger partial charge in [-0.15, -0.1) is 0 Å². The van der Waals surface area contributed by atoms with E-state index in [1.807, 2.05) is 4.90 Å². The Balaban J connectivity index is 2.63. The molecule has 1 saturated heterocycles. The van der Waals surface area contributed by atoms with E-state index < -0.39 is 11.5 Å². The predicted octanol–water partition coefficient (Wildman–Crippen LogP) is -0.117. The molecule has 4 heteroatoms. The van der Waals surface area contributed by atoms with Crippen LogP contribution in [0.1, 0.15) is 20.3 Å². The quantitative estimate of drug-likeness (QED) is 0.609. The van der Waals surface area contributed by atoms with Crippen LogP contribution in [-0.2, 0) is 4.79 Å². The second-order valence-corrected chi connectivity index (χ2v) is 3.86. The van der Waals surface area contributed by atoms with Crippen LogP contribution in [0.2, 0.25) is 0 Å². The number of hydrogen-bond acceptors (Lipinski definition) is 3. The molecule has 0 aromatic rings. The van der Waals surface area contributed by atoms with Crippen molar-refractivity contribution in [3.63, 3.8) is 0 Å². The van der Waals surface area contributed by atoms with Gasteiger partial charge in [-0.1, -0.05) is 0 Å². The van der Waals surface area contributed by atoms with E-state index in [0.717, 1.165) is 13.0 Å². The standard InChI is InChI=1S/C8H16N2O2/c1-8(2,7(11)12)10-4-3-6(9)5-10/h6H,3-5,9H2,1-2H3,(H,11,12). The van der Waals surface area contributed by atoms with Gasteiger partial charge >= 0.3 is 5.97 Å². The van der Waals surface area contributed by atoms with Crippen LogP contribution in [0.4, 0.5) is 0 Å². The van der Waals surface area contributed by atoms with E-state index in [0.29, 0.717) is 6.54 Å². The van der Waals surface area contributed by atoms with Crippen LogP contribution in [0.15, 0.2) is 0 Å². The van der Waals surface area contributed by atoms with Crippen molar-refractivity contribution in [2.24, 2.45) is 5.73 Å². The molecule has 1 fully saturated rings. The summed E-state index contributed by atoms with van der Waals surface area (Å²) >= 11 is 0. The number of hydrogen-bond donors (Lipinski definition) is 2. The molecule has 0 radical (unpaired) electrons. The van der Waals surface area contributed by atoms with Crippen molar-refractivity contribution in [3.8, 4) is 0 Å². The van der Waals surface area contributed by atoms with E-state index in [1.54, 1.807) is 13.8 Å². The second-order valence-electron chi connectivity index (χ2n) is 3.86. The minimum absolute atomic E-state index is 0.142. The van der Waals surface area contributed by atoms with Crippen molar-refractivity contribution >= 4 is 5.97 Å². The maximum atomic E-state index is 10.8. The summed E-state index contributed by atoms with van der Waals surface area (Å²) in [6.45, 7) is 4.92. The Morgan fingerprint density at radius 1 is 1.67 bits per heavy atom. The van der Waals surface area contributed by atoms with Gasteiger partial charge in [-0.2, -0.15) is 0 Å². The summed E-state index contributed by atoms with van der Waals surface area (Å²) in [4.78, 5) is 12.7. The van der Waals surface area contributed by atoms with E-state index in [1.165, 1.54) is 0 Å². The van der Waals surface area contributed by atoms with Gasteiger partial charge in [0.25, 0.3) is 0 Å². The highest BCUT2D eigenvalue weighted by Gasteiger charge is 2.37. The van der Waals surface area contributed by atoms with Gasteiger partial charge < -0.3 is 10.8 Å². The highest BCUT2D eigenvalue weighted by atomic mass is 16.4. The smallest absolute Gasteiger partial charge is 0.323 e. The molecule has 1 atom stereocenters. The van der Waals surface area contributed by atoms with Gasteiger partial charge in [0.05, 0.1) is 0 Å². The minimum Gasteiger partial charge on any atom is -0.480 e. The van der Waals surface area contributed by atoms with Crippen molar-refractivity contribution in [2.45, 2.75) is 31.8 Å². The van der Waals surface area contributed by atoms with Gasteiger partial charge in [-0.25, -0.2) is 0 Å². The molecule has 1 aliphatic heterocycles. The van der Waals surface area contributed by atoms with Crippen LogP contribution in [0.25, 0.3) is 0 Å². The first-order valence-corrected chi connectivity index (χ1v) is 4.18. The van der Waals surface area contributed by atoms with Crippen molar-refractivity contribution in [1.29, 1.82) is 0 Å². The zero-order valence-electron chi connectivity index (χ0n) is 7.58. The van der Waals surface area contributed by atoms with E-state index >= 15 is 0 Å². The molecule has 0 aliphatic carbocycles. The Labute approximate surface area is 72.3 Å². The molecule has 3 N–H and O–H groups in total. The summed E-state index contributed by atoms with van der Waals surface area (Å²) in [6, 6.07) is 0.142. The SMILES string of the molecule is CC(C)(C(=O)O)N1CCC(N)C1. The summed E-state index contributed by atoms with van der Waals surface area (Å²) in [6.07, 6.45) is 0.900. The van der Waals surface area contributed by atoms with Crippen LogP contribution in [0, 0.1) is 0 Å². The first kappa shape index (κ1) is 9.48. The van der Waals surface area contributed by atoms with Gasteiger partial charge in [0.1, 0.15) is 5.54 Å². The zero-order valence-corrected chi connectivity index (χ0v) is 7.58. The van der Waals surface area contributed by atoms with Crippen molar-refractivity contribution in [1.82, 2.24) is 4.90 Å². The van der Waals surface area contributed by atoms with Gasteiger partial charge in [0.2, 0.25) is 0 Å². The third-order valence-electron chi connectivity index (χ3n) is 2.54. The molecule has 1 heterocycles. The molecule has 1 unspecified atom stereocenters. The number of nitrogens with two attached hydrogens (primary N) is 1. The topological polar surface area (TPSA) is 66.6 Å². The molecule has 0 aromatic heterocycles. The molecule has 0 aromatic carbocycles. The molecule has 70 valence electrons. The van der Waals surface area contributed by atoms with Crippen LogP contribution in [0.5, 0.6) is 0 Å². The first-order chi connectivity index (χ1) is 5.44. The van der Waals surface area contributed by atoms with Crippen LogP contribution >= 0.6 is 0 Å². The minimum atomic E-state index is -0.781. The lowest BCUT2D eigenvalue weighted by molar-refractivity contribution is -0.148. The van der Waals surface area contributed by atoms with Gasteiger partial charge in [0, 0.05) is 19.1 Å². The van der Waals surface area contributed by atoms with Crippen molar-refractivity contribution in [2.75, 3.05) is 13.1 Å². The lowest BCUT2D eigenvalue weighted by Gasteiger charge is -2.30. The summed E-state index contributed by atoms with van der Waals surface area (Å²) in [5.41, 5.74) is 4.92. The lowest BCUT2D eigenvalue weighted by Crippen LogP contribution is -2.49. The van der Waals surface area contributed by atoms with E-state index in [-0.39, 0.29) is 6.04 Å². The number of likely N-dealkylation sites (tertiary alicyclic amines) is 1. The molecule has 1 rings (SSSR count). The number of carboxylic acids is 1.